The molecule has 9 heteroatoms. The molecule has 3 rings (SSSR count). The SMILES string of the molecule is O=C([O-])COc1ccc2ccc(Oc3c(F)cc(C(F)(F)F)cc3Cl)cc2c1. The number of carboxylic acid groups (broad SMARTS) is 1. The highest BCUT2D eigenvalue weighted by atomic mass is 35.5. The third-order valence-corrected chi connectivity index (χ3v) is 3.97. The summed E-state index contributed by atoms with van der Waals surface area (Å²) in [4.78, 5) is 10.5. The van der Waals surface area contributed by atoms with Gasteiger partial charge in [-0.05, 0) is 47.2 Å². The Morgan fingerprint density at radius 1 is 1.00 bits per heavy atom. The average molecular weight is 414 g/mol. The molecule has 0 aliphatic rings. The molecule has 0 aromatic heterocycles. The highest BCUT2D eigenvalue weighted by Crippen LogP contribution is 2.39. The van der Waals surface area contributed by atoms with Gasteiger partial charge in [-0.15, -0.1) is 0 Å². The van der Waals surface area contributed by atoms with Crippen LogP contribution in [0.4, 0.5) is 17.6 Å². The van der Waals surface area contributed by atoms with Crippen LogP contribution in [-0.4, -0.2) is 12.6 Å². The van der Waals surface area contributed by atoms with Crippen LogP contribution in [0.3, 0.4) is 0 Å². The molecular formula is C19H10ClF4O4-. The molecule has 0 spiro atoms. The monoisotopic (exact) mass is 413 g/mol. The molecule has 0 saturated carbocycles. The first-order valence-electron chi connectivity index (χ1n) is 7.74. The molecule has 0 bridgehead atoms. The summed E-state index contributed by atoms with van der Waals surface area (Å²) in [6, 6.07) is 10.2. The minimum absolute atomic E-state index is 0.116. The summed E-state index contributed by atoms with van der Waals surface area (Å²) in [6.45, 7) is -0.631. The average Bonchev–Trinajstić information content (AvgIpc) is 2.61. The number of hydrogen-bond donors (Lipinski definition) is 0. The molecule has 0 saturated heterocycles. The molecule has 0 unspecified atom stereocenters. The van der Waals surface area contributed by atoms with Crippen molar-refractivity contribution in [2.75, 3.05) is 6.61 Å². The van der Waals surface area contributed by atoms with E-state index < -0.39 is 40.9 Å². The van der Waals surface area contributed by atoms with E-state index in [1.165, 1.54) is 18.2 Å². The highest BCUT2D eigenvalue weighted by molar-refractivity contribution is 6.32. The van der Waals surface area contributed by atoms with Crippen LogP contribution in [0.1, 0.15) is 5.56 Å². The fraction of sp³-hybridized carbons (Fsp3) is 0.105. The lowest BCUT2D eigenvalue weighted by atomic mass is 10.1. The maximum absolute atomic E-state index is 14.1. The van der Waals surface area contributed by atoms with Crippen molar-refractivity contribution in [1.82, 2.24) is 0 Å². The van der Waals surface area contributed by atoms with Crippen LogP contribution in [-0.2, 0) is 11.0 Å². The van der Waals surface area contributed by atoms with E-state index in [0.29, 0.717) is 17.5 Å². The first-order chi connectivity index (χ1) is 13.1. The molecule has 3 aromatic carbocycles. The molecule has 28 heavy (non-hydrogen) atoms. The number of aliphatic carboxylic acids is 1. The van der Waals surface area contributed by atoms with Crippen LogP contribution in [0.15, 0.2) is 48.5 Å². The molecular weight excluding hydrogens is 404 g/mol. The standard InChI is InChI=1S/C19H11ClF4O4/c20-15-7-12(19(22,23)24)8-16(21)18(15)28-14-4-2-10-1-3-13(5-11(10)6-14)27-9-17(25)26/h1-8H,9H2,(H,25,26)/p-1. The van der Waals surface area contributed by atoms with Gasteiger partial charge in [0.25, 0.3) is 0 Å². The van der Waals surface area contributed by atoms with Gasteiger partial charge in [0.15, 0.2) is 11.6 Å². The maximum Gasteiger partial charge on any atom is 0.416 e. The molecule has 0 fully saturated rings. The first kappa shape index (κ1) is 19.8. The minimum atomic E-state index is -4.74. The molecule has 0 atom stereocenters. The zero-order valence-electron chi connectivity index (χ0n) is 13.8. The number of carbonyl (C=O) groups is 1. The van der Waals surface area contributed by atoms with Gasteiger partial charge in [0.2, 0.25) is 0 Å². The van der Waals surface area contributed by atoms with Gasteiger partial charge in [0.1, 0.15) is 18.1 Å². The van der Waals surface area contributed by atoms with Crippen LogP contribution < -0.4 is 14.6 Å². The number of hydrogen-bond acceptors (Lipinski definition) is 4. The Morgan fingerprint density at radius 2 is 1.64 bits per heavy atom. The summed E-state index contributed by atoms with van der Waals surface area (Å²) < 4.78 is 62.6. The number of fused-ring (bicyclic) bond motifs is 1. The number of rotatable bonds is 5. The topological polar surface area (TPSA) is 58.6 Å². The third kappa shape index (κ3) is 4.45. The minimum Gasteiger partial charge on any atom is -0.546 e. The Labute approximate surface area is 160 Å². The molecule has 0 aliphatic heterocycles. The van der Waals surface area contributed by atoms with Crippen LogP contribution >= 0.6 is 11.6 Å². The molecule has 0 radical (unpaired) electrons. The molecule has 0 amide bonds. The number of halogens is 5. The van der Waals surface area contributed by atoms with E-state index in [1.54, 1.807) is 18.2 Å². The number of carbonyl (C=O) groups excluding carboxylic acids is 1. The zero-order valence-corrected chi connectivity index (χ0v) is 14.6. The maximum atomic E-state index is 14.1. The predicted molar refractivity (Wildman–Crippen MR) is 90.9 cm³/mol. The summed E-state index contributed by atoms with van der Waals surface area (Å²) in [5.41, 5.74) is -1.23. The quantitative estimate of drug-likeness (QED) is 0.575. The molecule has 0 aliphatic carbocycles. The highest BCUT2D eigenvalue weighted by Gasteiger charge is 2.32. The fourth-order valence-electron chi connectivity index (χ4n) is 2.44. The van der Waals surface area contributed by atoms with Gasteiger partial charge in [-0.3, -0.25) is 0 Å². The van der Waals surface area contributed by atoms with E-state index in [2.05, 4.69) is 0 Å². The summed E-state index contributed by atoms with van der Waals surface area (Å²) in [6.07, 6.45) is -4.74. The Morgan fingerprint density at radius 3 is 2.25 bits per heavy atom. The number of carboxylic acids is 1. The Hall–Kier alpha value is -3.00. The van der Waals surface area contributed by atoms with Gasteiger partial charge in [-0.1, -0.05) is 23.7 Å². The summed E-state index contributed by atoms with van der Waals surface area (Å²) in [5.74, 6) is -2.81. The van der Waals surface area contributed by atoms with Gasteiger partial charge >= 0.3 is 6.18 Å². The Kier molecular flexibility index (Phi) is 5.33. The first-order valence-corrected chi connectivity index (χ1v) is 8.12. The Bertz CT molecular complexity index is 1030. The van der Waals surface area contributed by atoms with Gasteiger partial charge < -0.3 is 19.4 Å². The fourth-order valence-corrected chi connectivity index (χ4v) is 2.68. The van der Waals surface area contributed by atoms with Crippen molar-refractivity contribution in [1.29, 1.82) is 0 Å². The van der Waals surface area contributed by atoms with E-state index in [-0.39, 0.29) is 11.5 Å². The molecule has 3 aromatic rings. The summed E-state index contributed by atoms with van der Waals surface area (Å²) in [5, 5.41) is 11.2. The lowest BCUT2D eigenvalue weighted by Gasteiger charge is -2.13. The lowest BCUT2D eigenvalue weighted by molar-refractivity contribution is -0.307. The smallest absolute Gasteiger partial charge is 0.416 e. The van der Waals surface area contributed by atoms with Crippen molar-refractivity contribution < 1.29 is 36.9 Å². The van der Waals surface area contributed by atoms with E-state index >= 15 is 0 Å². The zero-order chi connectivity index (χ0) is 20.5. The largest absolute Gasteiger partial charge is 0.546 e. The number of ether oxygens (including phenoxy) is 2. The molecule has 0 heterocycles. The van der Waals surface area contributed by atoms with Crippen LogP contribution in [0.5, 0.6) is 17.2 Å². The van der Waals surface area contributed by atoms with E-state index in [4.69, 9.17) is 21.1 Å². The van der Waals surface area contributed by atoms with E-state index in [1.807, 2.05) is 0 Å². The second kappa shape index (κ2) is 7.55. The van der Waals surface area contributed by atoms with Crippen LogP contribution in [0.2, 0.25) is 5.02 Å². The normalized spacial score (nSPS) is 11.5. The van der Waals surface area contributed by atoms with Crippen LogP contribution in [0, 0.1) is 5.82 Å². The lowest BCUT2D eigenvalue weighted by Crippen LogP contribution is -2.28. The summed E-state index contributed by atoms with van der Waals surface area (Å²) in [7, 11) is 0. The second-order valence-electron chi connectivity index (χ2n) is 5.70. The van der Waals surface area contributed by atoms with Crippen molar-refractivity contribution in [3.05, 3.63) is 64.9 Å². The van der Waals surface area contributed by atoms with Crippen molar-refractivity contribution in [3.63, 3.8) is 0 Å². The summed E-state index contributed by atoms with van der Waals surface area (Å²) >= 11 is 5.76. The van der Waals surface area contributed by atoms with Gasteiger partial charge in [-0.25, -0.2) is 4.39 Å². The number of alkyl halides is 3. The van der Waals surface area contributed by atoms with Crippen molar-refractivity contribution >= 4 is 28.3 Å². The Balaban J connectivity index is 1.91. The molecule has 146 valence electrons. The number of benzene rings is 3. The predicted octanol–water partition coefficient (Wildman–Crippen LogP) is 4.57. The van der Waals surface area contributed by atoms with Crippen molar-refractivity contribution in [2.24, 2.45) is 0 Å². The van der Waals surface area contributed by atoms with Crippen molar-refractivity contribution in [2.45, 2.75) is 6.18 Å². The van der Waals surface area contributed by atoms with Crippen molar-refractivity contribution in [3.8, 4) is 17.2 Å². The van der Waals surface area contributed by atoms with Gasteiger partial charge in [0.05, 0.1) is 16.6 Å². The molecule has 0 N–H and O–H groups in total. The van der Waals surface area contributed by atoms with Crippen LogP contribution in [0.25, 0.3) is 10.8 Å². The van der Waals surface area contributed by atoms with E-state index in [0.717, 1.165) is 5.39 Å². The second-order valence-corrected chi connectivity index (χ2v) is 6.11. The molecule has 4 nitrogen and oxygen atoms in total. The van der Waals surface area contributed by atoms with Gasteiger partial charge in [-0.2, -0.15) is 13.2 Å². The van der Waals surface area contributed by atoms with Gasteiger partial charge in [0, 0.05) is 0 Å². The van der Waals surface area contributed by atoms with E-state index in [9.17, 15) is 27.5 Å². The third-order valence-electron chi connectivity index (χ3n) is 3.69.